The minimum Gasteiger partial charge on any atom is -0.396 e. The van der Waals surface area contributed by atoms with Gasteiger partial charge in [-0.2, -0.15) is 0 Å². The maximum Gasteiger partial charge on any atom is 0.0659 e. The fraction of sp³-hybridized carbons (Fsp3) is 0.733. The standard InChI is InChI=1S/C15H22INOS/c16-15-8-11-13(6-3-7-14(11)19-15)17-12-5-2-1-4-10(12)9-18/h8,10,12-13,17-18H,1-7,9H2. The number of aryl methyl sites for hydroxylation is 1. The lowest BCUT2D eigenvalue weighted by Gasteiger charge is -2.35. The molecule has 1 heterocycles. The summed E-state index contributed by atoms with van der Waals surface area (Å²) in [5.74, 6) is 0.469. The summed E-state index contributed by atoms with van der Waals surface area (Å²) in [6, 6.07) is 3.42. The molecule has 0 radical (unpaired) electrons. The number of hydrogen-bond donors (Lipinski definition) is 2. The quantitative estimate of drug-likeness (QED) is 0.767. The van der Waals surface area contributed by atoms with Crippen LogP contribution >= 0.6 is 33.9 Å². The molecule has 19 heavy (non-hydrogen) atoms. The predicted octanol–water partition coefficient (Wildman–Crippen LogP) is 3.87. The van der Waals surface area contributed by atoms with Crippen LogP contribution in [0.15, 0.2) is 6.07 Å². The Morgan fingerprint density at radius 2 is 2.11 bits per heavy atom. The lowest BCUT2D eigenvalue weighted by atomic mass is 9.83. The number of fused-ring (bicyclic) bond motifs is 1. The van der Waals surface area contributed by atoms with Crippen molar-refractivity contribution in [2.45, 2.75) is 57.0 Å². The third-order valence-electron chi connectivity index (χ3n) is 4.64. The zero-order valence-corrected chi connectivity index (χ0v) is 14.2. The Labute approximate surface area is 133 Å². The number of aliphatic hydroxyl groups is 1. The smallest absolute Gasteiger partial charge is 0.0659 e. The summed E-state index contributed by atoms with van der Waals surface area (Å²) in [7, 11) is 0. The van der Waals surface area contributed by atoms with Crippen LogP contribution in [-0.2, 0) is 6.42 Å². The van der Waals surface area contributed by atoms with E-state index in [1.54, 1.807) is 10.4 Å². The second kappa shape index (κ2) is 6.41. The van der Waals surface area contributed by atoms with Gasteiger partial charge in [-0.1, -0.05) is 12.8 Å². The number of thiophene rings is 1. The molecule has 1 aromatic heterocycles. The van der Waals surface area contributed by atoms with Crippen LogP contribution in [0.1, 0.15) is 55.0 Å². The molecule has 2 aliphatic carbocycles. The van der Waals surface area contributed by atoms with Gasteiger partial charge in [0.25, 0.3) is 0 Å². The maximum atomic E-state index is 9.55. The SMILES string of the molecule is OCC1CCCCC1NC1CCCc2sc(I)cc21. The molecule has 3 atom stereocenters. The minimum atomic E-state index is 0.346. The Morgan fingerprint density at radius 3 is 2.95 bits per heavy atom. The van der Waals surface area contributed by atoms with Crippen LogP contribution in [0.4, 0.5) is 0 Å². The molecule has 3 unspecified atom stereocenters. The van der Waals surface area contributed by atoms with Gasteiger partial charge in [-0.3, -0.25) is 0 Å². The van der Waals surface area contributed by atoms with E-state index in [-0.39, 0.29) is 0 Å². The second-order valence-electron chi connectivity index (χ2n) is 5.87. The topological polar surface area (TPSA) is 32.3 Å². The van der Waals surface area contributed by atoms with E-state index in [0.717, 1.165) is 0 Å². The molecule has 0 saturated heterocycles. The zero-order chi connectivity index (χ0) is 13.2. The van der Waals surface area contributed by atoms with Gasteiger partial charge in [-0.15, -0.1) is 11.3 Å². The highest BCUT2D eigenvalue weighted by atomic mass is 127. The number of halogens is 1. The predicted molar refractivity (Wildman–Crippen MR) is 88.7 cm³/mol. The Balaban J connectivity index is 1.73. The summed E-state index contributed by atoms with van der Waals surface area (Å²) in [5.41, 5.74) is 1.54. The van der Waals surface area contributed by atoms with Crippen molar-refractivity contribution in [2.75, 3.05) is 6.61 Å². The second-order valence-corrected chi connectivity index (χ2v) is 8.91. The van der Waals surface area contributed by atoms with Gasteiger partial charge in [-0.05, 0) is 72.2 Å². The molecular formula is C15H22INOS. The lowest BCUT2D eigenvalue weighted by molar-refractivity contribution is 0.143. The van der Waals surface area contributed by atoms with E-state index in [2.05, 4.69) is 34.0 Å². The lowest BCUT2D eigenvalue weighted by Crippen LogP contribution is -2.42. The molecule has 0 amide bonds. The molecule has 2 N–H and O–H groups in total. The van der Waals surface area contributed by atoms with Crippen molar-refractivity contribution >= 4 is 33.9 Å². The van der Waals surface area contributed by atoms with E-state index in [0.29, 0.717) is 24.6 Å². The molecule has 0 bridgehead atoms. The molecule has 0 aliphatic heterocycles. The van der Waals surface area contributed by atoms with E-state index in [4.69, 9.17) is 0 Å². The number of rotatable bonds is 3. The fourth-order valence-electron chi connectivity index (χ4n) is 3.60. The van der Waals surface area contributed by atoms with Gasteiger partial charge in [-0.25, -0.2) is 0 Å². The molecule has 2 nitrogen and oxygen atoms in total. The first-order valence-corrected chi connectivity index (χ1v) is 9.32. The van der Waals surface area contributed by atoms with Gasteiger partial charge in [0.15, 0.2) is 0 Å². The normalized spacial score (nSPS) is 31.2. The molecule has 3 rings (SSSR count). The average Bonchev–Trinajstić information content (AvgIpc) is 2.81. The van der Waals surface area contributed by atoms with Crippen molar-refractivity contribution in [3.63, 3.8) is 0 Å². The van der Waals surface area contributed by atoms with Crippen LogP contribution in [0.3, 0.4) is 0 Å². The van der Waals surface area contributed by atoms with Gasteiger partial charge < -0.3 is 10.4 Å². The van der Waals surface area contributed by atoms with Crippen molar-refractivity contribution in [3.05, 3.63) is 19.4 Å². The van der Waals surface area contributed by atoms with E-state index in [9.17, 15) is 5.11 Å². The summed E-state index contributed by atoms with van der Waals surface area (Å²) in [5, 5.41) is 13.4. The molecular weight excluding hydrogens is 369 g/mol. The summed E-state index contributed by atoms with van der Waals surface area (Å²) in [6.45, 7) is 0.346. The van der Waals surface area contributed by atoms with Gasteiger partial charge in [0, 0.05) is 23.6 Å². The minimum absolute atomic E-state index is 0.346. The van der Waals surface area contributed by atoms with E-state index >= 15 is 0 Å². The highest BCUT2D eigenvalue weighted by Crippen LogP contribution is 2.37. The van der Waals surface area contributed by atoms with Crippen LogP contribution < -0.4 is 5.32 Å². The van der Waals surface area contributed by atoms with Crippen molar-refractivity contribution in [2.24, 2.45) is 5.92 Å². The molecule has 1 saturated carbocycles. The first-order chi connectivity index (χ1) is 9.28. The highest BCUT2D eigenvalue weighted by Gasteiger charge is 2.29. The van der Waals surface area contributed by atoms with E-state index in [1.807, 2.05) is 11.3 Å². The van der Waals surface area contributed by atoms with Crippen LogP contribution in [0.5, 0.6) is 0 Å². The molecule has 2 aliphatic rings. The molecule has 1 aromatic rings. The highest BCUT2D eigenvalue weighted by molar-refractivity contribution is 14.1. The molecule has 1 fully saturated rings. The third-order valence-corrected chi connectivity index (χ3v) is 6.61. The largest absolute Gasteiger partial charge is 0.396 e. The molecule has 0 aromatic carbocycles. The van der Waals surface area contributed by atoms with Crippen LogP contribution in [0.25, 0.3) is 0 Å². The summed E-state index contributed by atoms with van der Waals surface area (Å²) in [6.07, 6.45) is 8.85. The summed E-state index contributed by atoms with van der Waals surface area (Å²) < 4.78 is 1.42. The van der Waals surface area contributed by atoms with Crippen LogP contribution in [-0.4, -0.2) is 17.8 Å². The fourth-order valence-corrected chi connectivity index (χ4v) is 5.72. The number of nitrogens with one attached hydrogen (secondary N) is 1. The van der Waals surface area contributed by atoms with Crippen LogP contribution in [0.2, 0.25) is 0 Å². The van der Waals surface area contributed by atoms with Crippen molar-refractivity contribution in [1.82, 2.24) is 5.32 Å². The third kappa shape index (κ3) is 3.17. The maximum absolute atomic E-state index is 9.55. The van der Waals surface area contributed by atoms with Gasteiger partial charge >= 0.3 is 0 Å². The monoisotopic (exact) mass is 391 g/mol. The van der Waals surface area contributed by atoms with E-state index in [1.165, 1.54) is 47.8 Å². The molecule has 106 valence electrons. The van der Waals surface area contributed by atoms with E-state index < -0.39 is 0 Å². The molecule has 0 spiro atoms. The van der Waals surface area contributed by atoms with Gasteiger partial charge in [0.1, 0.15) is 0 Å². The Hall–Kier alpha value is 0.350. The van der Waals surface area contributed by atoms with Gasteiger partial charge in [0.2, 0.25) is 0 Å². The van der Waals surface area contributed by atoms with Crippen molar-refractivity contribution in [1.29, 1.82) is 0 Å². The van der Waals surface area contributed by atoms with Crippen LogP contribution in [0, 0.1) is 8.80 Å². The zero-order valence-electron chi connectivity index (χ0n) is 11.2. The Kier molecular flexibility index (Phi) is 4.82. The van der Waals surface area contributed by atoms with Gasteiger partial charge in [0.05, 0.1) is 2.88 Å². The number of aliphatic hydroxyl groups excluding tert-OH is 1. The Bertz CT molecular complexity index is 434. The summed E-state index contributed by atoms with van der Waals surface area (Å²) in [4.78, 5) is 1.59. The van der Waals surface area contributed by atoms with Crippen molar-refractivity contribution < 1.29 is 5.11 Å². The first-order valence-electron chi connectivity index (χ1n) is 7.43. The van der Waals surface area contributed by atoms with Crippen molar-refractivity contribution in [3.8, 4) is 0 Å². The Morgan fingerprint density at radius 1 is 1.26 bits per heavy atom. The molecule has 4 heteroatoms. The summed E-state index contributed by atoms with van der Waals surface area (Å²) >= 11 is 4.40. The average molecular weight is 391 g/mol. The number of hydrogen-bond acceptors (Lipinski definition) is 3. The first kappa shape index (κ1) is 14.3.